The summed E-state index contributed by atoms with van der Waals surface area (Å²) in [5.41, 5.74) is 1.38. The van der Waals surface area contributed by atoms with Crippen LogP contribution in [-0.4, -0.2) is 46.8 Å². The Labute approximate surface area is 112 Å². The molecule has 1 aromatic rings. The van der Waals surface area contributed by atoms with Crippen LogP contribution < -0.4 is 9.62 Å². The van der Waals surface area contributed by atoms with E-state index in [1.165, 1.54) is 0 Å². The van der Waals surface area contributed by atoms with Crippen LogP contribution in [0.25, 0.3) is 0 Å². The number of ether oxygens (including phenoxy) is 1. The zero-order chi connectivity index (χ0) is 13.9. The lowest BCUT2D eigenvalue weighted by Crippen LogP contribution is -2.46. The fourth-order valence-electron chi connectivity index (χ4n) is 1.99. The van der Waals surface area contributed by atoms with Gasteiger partial charge in [0.1, 0.15) is 12.3 Å². The Morgan fingerprint density at radius 2 is 2.05 bits per heavy atom. The van der Waals surface area contributed by atoms with Crippen molar-refractivity contribution < 1.29 is 17.9 Å². The first-order chi connectivity index (χ1) is 8.99. The lowest BCUT2D eigenvalue weighted by Gasteiger charge is -2.34. The molecular weight excluding hydrogens is 268 g/mol. The zero-order valence-corrected chi connectivity index (χ0v) is 11.4. The molecule has 1 saturated heterocycles. The topological polar surface area (TPSA) is 75.7 Å². The molecule has 7 heteroatoms. The Morgan fingerprint density at radius 3 is 2.63 bits per heavy atom. The number of aldehydes is 1. The number of rotatable bonds is 4. The average Bonchev–Trinajstić information content (AvgIpc) is 2.38. The molecule has 0 aromatic heterocycles. The molecule has 0 aliphatic carbocycles. The maximum atomic E-state index is 11.1. The van der Waals surface area contributed by atoms with Gasteiger partial charge in [0.2, 0.25) is 10.0 Å². The van der Waals surface area contributed by atoms with Gasteiger partial charge in [-0.05, 0) is 24.3 Å². The van der Waals surface area contributed by atoms with Crippen LogP contribution >= 0.6 is 0 Å². The van der Waals surface area contributed by atoms with Gasteiger partial charge in [0, 0.05) is 17.9 Å². The number of nitrogens with one attached hydrogen (secondary N) is 1. The minimum absolute atomic E-state index is 0.289. The van der Waals surface area contributed by atoms with Crippen molar-refractivity contribution in [1.29, 1.82) is 0 Å². The number of hydrogen-bond acceptors (Lipinski definition) is 5. The van der Waals surface area contributed by atoms with Gasteiger partial charge in [0.25, 0.3) is 0 Å². The minimum Gasteiger partial charge on any atom is -0.377 e. The molecule has 0 radical (unpaired) electrons. The highest BCUT2D eigenvalue weighted by Crippen LogP contribution is 2.21. The molecule has 0 spiro atoms. The monoisotopic (exact) mass is 284 g/mol. The number of morpholine rings is 1. The molecule has 1 aliphatic heterocycles. The van der Waals surface area contributed by atoms with Crippen LogP contribution in [0.4, 0.5) is 11.4 Å². The summed E-state index contributed by atoms with van der Waals surface area (Å²) in [6.07, 6.45) is 1.97. The van der Waals surface area contributed by atoms with E-state index in [9.17, 15) is 13.2 Å². The number of carbonyl (C=O) groups excluding carboxylic acids is 1. The van der Waals surface area contributed by atoms with Crippen LogP contribution in [0.2, 0.25) is 0 Å². The second kappa shape index (κ2) is 5.58. The molecule has 0 saturated carbocycles. The second-order valence-electron chi connectivity index (χ2n) is 4.39. The highest BCUT2D eigenvalue weighted by atomic mass is 32.2. The highest BCUT2D eigenvalue weighted by molar-refractivity contribution is 7.92. The highest BCUT2D eigenvalue weighted by Gasteiger charge is 2.22. The first-order valence-corrected chi connectivity index (χ1v) is 7.76. The van der Waals surface area contributed by atoms with Crippen LogP contribution in [0.3, 0.4) is 0 Å². The molecule has 0 bridgehead atoms. The van der Waals surface area contributed by atoms with Crippen molar-refractivity contribution in [3.05, 3.63) is 24.3 Å². The third kappa shape index (κ3) is 3.68. The third-order valence-corrected chi connectivity index (χ3v) is 3.43. The molecule has 1 unspecified atom stereocenters. The summed E-state index contributed by atoms with van der Waals surface area (Å²) in [6.45, 7) is 1.60. The first kappa shape index (κ1) is 13.8. The standard InChI is InChI=1S/C12H16N2O4S/c1-19(16,17)13-10-2-4-11(5-3-10)14-6-7-18-9-12(14)8-15/h2-5,8,12-13H,6-7,9H2,1H3. The molecule has 104 valence electrons. The summed E-state index contributed by atoms with van der Waals surface area (Å²) in [7, 11) is -3.27. The molecule has 6 nitrogen and oxygen atoms in total. The van der Waals surface area contributed by atoms with Gasteiger partial charge in [-0.15, -0.1) is 0 Å². The van der Waals surface area contributed by atoms with E-state index in [2.05, 4.69) is 4.72 Å². The fraction of sp³-hybridized carbons (Fsp3) is 0.417. The number of benzene rings is 1. The molecule has 2 rings (SSSR count). The smallest absolute Gasteiger partial charge is 0.229 e. The summed E-state index contributed by atoms with van der Waals surface area (Å²) in [5.74, 6) is 0. The summed E-state index contributed by atoms with van der Waals surface area (Å²) in [4.78, 5) is 12.9. The Kier molecular flexibility index (Phi) is 4.06. The lowest BCUT2D eigenvalue weighted by atomic mass is 10.2. The molecule has 1 N–H and O–H groups in total. The molecular formula is C12H16N2O4S. The SMILES string of the molecule is CS(=O)(=O)Nc1ccc(N2CCOCC2C=O)cc1. The van der Waals surface area contributed by atoms with E-state index in [0.29, 0.717) is 25.4 Å². The van der Waals surface area contributed by atoms with Gasteiger partial charge >= 0.3 is 0 Å². The van der Waals surface area contributed by atoms with Crippen LogP contribution in [-0.2, 0) is 19.6 Å². The van der Waals surface area contributed by atoms with Crippen molar-refractivity contribution >= 4 is 27.7 Å². The van der Waals surface area contributed by atoms with E-state index in [1.54, 1.807) is 24.3 Å². The normalized spacial score (nSPS) is 20.1. The zero-order valence-electron chi connectivity index (χ0n) is 10.6. The van der Waals surface area contributed by atoms with Gasteiger partial charge < -0.3 is 14.4 Å². The van der Waals surface area contributed by atoms with Gasteiger partial charge in [-0.3, -0.25) is 4.72 Å². The van der Waals surface area contributed by atoms with Crippen LogP contribution in [0, 0.1) is 0 Å². The van der Waals surface area contributed by atoms with Crippen LogP contribution in [0.15, 0.2) is 24.3 Å². The van der Waals surface area contributed by atoms with Crippen molar-refractivity contribution in [3.8, 4) is 0 Å². The predicted molar refractivity (Wildman–Crippen MR) is 72.9 cm³/mol. The lowest BCUT2D eigenvalue weighted by molar-refractivity contribution is -0.111. The van der Waals surface area contributed by atoms with Gasteiger partial charge in [0.15, 0.2) is 0 Å². The number of sulfonamides is 1. The first-order valence-electron chi connectivity index (χ1n) is 5.87. The summed E-state index contributed by atoms with van der Waals surface area (Å²) in [6, 6.07) is 6.63. The van der Waals surface area contributed by atoms with Crippen molar-refractivity contribution in [1.82, 2.24) is 0 Å². The summed E-state index contributed by atoms with van der Waals surface area (Å²) < 4.78 is 29.8. The van der Waals surface area contributed by atoms with Crippen LogP contribution in [0.5, 0.6) is 0 Å². The quantitative estimate of drug-likeness (QED) is 0.813. The Morgan fingerprint density at radius 1 is 1.37 bits per heavy atom. The Bertz CT molecular complexity index is 541. The maximum Gasteiger partial charge on any atom is 0.229 e. The average molecular weight is 284 g/mol. The molecule has 1 aliphatic rings. The minimum atomic E-state index is -3.27. The largest absolute Gasteiger partial charge is 0.377 e. The third-order valence-electron chi connectivity index (χ3n) is 2.82. The van der Waals surface area contributed by atoms with Crippen molar-refractivity contribution in [2.24, 2.45) is 0 Å². The van der Waals surface area contributed by atoms with Gasteiger partial charge in [-0.1, -0.05) is 0 Å². The van der Waals surface area contributed by atoms with Crippen molar-refractivity contribution in [2.45, 2.75) is 6.04 Å². The van der Waals surface area contributed by atoms with E-state index >= 15 is 0 Å². The van der Waals surface area contributed by atoms with E-state index in [-0.39, 0.29) is 6.04 Å². The Balaban J connectivity index is 2.15. The van der Waals surface area contributed by atoms with Crippen molar-refractivity contribution in [2.75, 3.05) is 35.6 Å². The van der Waals surface area contributed by atoms with E-state index in [1.807, 2.05) is 4.90 Å². The summed E-state index contributed by atoms with van der Waals surface area (Å²) >= 11 is 0. The number of hydrogen-bond donors (Lipinski definition) is 1. The number of nitrogens with zero attached hydrogens (tertiary/aromatic N) is 1. The Hall–Kier alpha value is -1.60. The molecule has 19 heavy (non-hydrogen) atoms. The molecule has 1 fully saturated rings. The van der Waals surface area contributed by atoms with Gasteiger partial charge in [-0.25, -0.2) is 8.42 Å². The molecule has 1 aromatic carbocycles. The van der Waals surface area contributed by atoms with Crippen molar-refractivity contribution in [3.63, 3.8) is 0 Å². The molecule has 1 atom stereocenters. The fourth-order valence-corrected chi connectivity index (χ4v) is 2.56. The number of anilines is 2. The van der Waals surface area contributed by atoms with E-state index < -0.39 is 10.0 Å². The van der Waals surface area contributed by atoms with Gasteiger partial charge in [0.05, 0.1) is 19.5 Å². The van der Waals surface area contributed by atoms with Crippen LogP contribution in [0.1, 0.15) is 0 Å². The molecule has 0 amide bonds. The number of carbonyl (C=O) groups is 1. The predicted octanol–water partition coefficient (Wildman–Crippen LogP) is 0.462. The second-order valence-corrected chi connectivity index (χ2v) is 6.14. The molecule has 1 heterocycles. The maximum absolute atomic E-state index is 11.1. The van der Waals surface area contributed by atoms with E-state index in [4.69, 9.17) is 4.74 Å². The van der Waals surface area contributed by atoms with Gasteiger partial charge in [-0.2, -0.15) is 0 Å². The summed E-state index contributed by atoms with van der Waals surface area (Å²) in [5, 5.41) is 0. The van der Waals surface area contributed by atoms with E-state index in [0.717, 1.165) is 18.2 Å².